The van der Waals surface area contributed by atoms with Gasteiger partial charge in [-0.2, -0.15) is 5.10 Å². The lowest BCUT2D eigenvalue weighted by atomic mass is 10.1. The fraction of sp³-hybridized carbons (Fsp3) is 0.700. The average Bonchev–Trinajstić information content (AvgIpc) is 2.66. The van der Waals surface area contributed by atoms with Gasteiger partial charge in [0.15, 0.2) is 0 Å². The van der Waals surface area contributed by atoms with Gasteiger partial charge in [-0.25, -0.2) is 0 Å². The van der Waals surface area contributed by atoms with E-state index in [-0.39, 0.29) is 0 Å². The van der Waals surface area contributed by atoms with E-state index in [4.69, 9.17) is 4.74 Å². The van der Waals surface area contributed by atoms with E-state index in [9.17, 15) is 5.11 Å². The number of nitrogens with zero attached hydrogens (tertiary/aromatic N) is 2. The van der Waals surface area contributed by atoms with Gasteiger partial charge < -0.3 is 9.84 Å². The second-order valence-corrected chi connectivity index (χ2v) is 3.28. The third-order valence-corrected chi connectivity index (χ3v) is 2.19. The standard InChI is InChI=1S/C10H18N2O2/c1-3-12-8-9(7-11-12)10(13)5-4-6-14-2/h7-8,10,13H,3-6H2,1-2H3. The molecule has 1 N–H and O–H groups in total. The van der Waals surface area contributed by atoms with Crippen molar-refractivity contribution in [2.24, 2.45) is 0 Å². The van der Waals surface area contributed by atoms with Gasteiger partial charge in [0.2, 0.25) is 0 Å². The summed E-state index contributed by atoms with van der Waals surface area (Å²) in [6.07, 6.45) is 4.79. The molecule has 0 amide bonds. The fourth-order valence-electron chi connectivity index (χ4n) is 1.31. The minimum atomic E-state index is -0.412. The third-order valence-electron chi connectivity index (χ3n) is 2.19. The summed E-state index contributed by atoms with van der Waals surface area (Å²) >= 11 is 0. The molecule has 0 saturated carbocycles. The van der Waals surface area contributed by atoms with Crippen LogP contribution in [0.2, 0.25) is 0 Å². The first-order chi connectivity index (χ1) is 6.77. The van der Waals surface area contributed by atoms with E-state index in [0.29, 0.717) is 6.61 Å². The van der Waals surface area contributed by atoms with Crippen molar-refractivity contribution in [2.75, 3.05) is 13.7 Å². The molecule has 0 aliphatic rings. The quantitative estimate of drug-likeness (QED) is 0.702. The maximum Gasteiger partial charge on any atom is 0.0821 e. The summed E-state index contributed by atoms with van der Waals surface area (Å²) in [5.74, 6) is 0. The summed E-state index contributed by atoms with van der Waals surface area (Å²) in [5, 5.41) is 13.9. The Morgan fingerprint density at radius 2 is 2.43 bits per heavy atom. The maximum atomic E-state index is 9.75. The summed E-state index contributed by atoms with van der Waals surface area (Å²) in [4.78, 5) is 0. The van der Waals surface area contributed by atoms with Gasteiger partial charge in [0.05, 0.1) is 12.3 Å². The molecule has 14 heavy (non-hydrogen) atoms. The molecule has 1 aromatic rings. The monoisotopic (exact) mass is 198 g/mol. The predicted molar refractivity (Wildman–Crippen MR) is 54.0 cm³/mol. The summed E-state index contributed by atoms with van der Waals surface area (Å²) in [7, 11) is 1.67. The van der Waals surface area contributed by atoms with Gasteiger partial charge in [0.1, 0.15) is 0 Å². The molecule has 0 bridgehead atoms. The average molecular weight is 198 g/mol. The van der Waals surface area contributed by atoms with Crippen molar-refractivity contribution in [3.8, 4) is 0 Å². The van der Waals surface area contributed by atoms with E-state index in [1.165, 1.54) is 0 Å². The maximum absolute atomic E-state index is 9.75. The lowest BCUT2D eigenvalue weighted by Gasteiger charge is -2.06. The molecule has 0 saturated heterocycles. The summed E-state index contributed by atoms with van der Waals surface area (Å²) in [6.45, 7) is 3.55. The van der Waals surface area contributed by atoms with Crippen LogP contribution >= 0.6 is 0 Å². The second-order valence-electron chi connectivity index (χ2n) is 3.28. The first-order valence-electron chi connectivity index (χ1n) is 4.97. The van der Waals surface area contributed by atoms with Crippen molar-refractivity contribution in [2.45, 2.75) is 32.4 Å². The molecule has 0 aromatic carbocycles. The molecule has 0 spiro atoms. The first kappa shape index (κ1) is 11.2. The minimum Gasteiger partial charge on any atom is -0.388 e. The molecular formula is C10H18N2O2. The van der Waals surface area contributed by atoms with Gasteiger partial charge in [0.25, 0.3) is 0 Å². The Morgan fingerprint density at radius 1 is 1.64 bits per heavy atom. The zero-order valence-electron chi connectivity index (χ0n) is 8.81. The van der Waals surface area contributed by atoms with E-state index in [2.05, 4.69) is 5.10 Å². The predicted octanol–water partition coefficient (Wildman–Crippen LogP) is 1.36. The number of aliphatic hydroxyl groups is 1. The van der Waals surface area contributed by atoms with Crippen molar-refractivity contribution in [1.82, 2.24) is 9.78 Å². The Bertz CT molecular complexity index is 260. The number of hydrogen-bond acceptors (Lipinski definition) is 3. The number of aliphatic hydroxyl groups excluding tert-OH is 1. The van der Waals surface area contributed by atoms with Gasteiger partial charge in [-0.05, 0) is 19.8 Å². The molecule has 0 aliphatic carbocycles. The van der Waals surface area contributed by atoms with Gasteiger partial charge in [0, 0.05) is 32.0 Å². The molecule has 1 rings (SSSR count). The van der Waals surface area contributed by atoms with Crippen molar-refractivity contribution < 1.29 is 9.84 Å². The molecule has 1 atom stereocenters. The summed E-state index contributed by atoms with van der Waals surface area (Å²) in [6, 6.07) is 0. The van der Waals surface area contributed by atoms with Crippen molar-refractivity contribution in [3.63, 3.8) is 0 Å². The van der Waals surface area contributed by atoms with Gasteiger partial charge in [-0.1, -0.05) is 0 Å². The van der Waals surface area contributed by atoms with Crippen LogP contribution < -0.4 is 0 Å². The zero-order valence-corrected chi connectivity index (χ0v) is 8.81. The van der Waals surface area contributed by atoms with Crippen molar-refractivity contribution in [3.05, 3.63) is 18.0 Å². The minimum absolute atomic E-state index is 0.412. The molecular weight excluding hydrogens is 180 g/mol. The number of ether oxygens (including phenoxy) is 1. The number of hydrogen-bond donors (Lipinski definition) is 1. The molecule has 4 nitrogen and oxygen atoms in total. The van der Waals surface area contributed by atoms with E-state index in [1.54, 1.807) is 13.3 Å². The van der Waals surface area contributed by atoms with Crippen LogP contribution in [0.1, 0.15) is 31.4 Å². The molecule has 0 fully saturated rings. The Kier molecular flexibility index (Phi) is 4.62. The number of aromatic nitrogens is 2. The number of rotatable bonds is 6. The first-order valence-corrected chi connectivity index (χ1v) is 4.97. The number of aryl methyl sites for hydroxylation is 1. The largest absolute Gasteiger partial charge is 0.388 e. The van der Waals surface area contributed by atoms with Crippen molar-refractivity contribution in [1.29, 1.82) is 0 Å². The highest BCUT2D eigenvalue weighted by Gasteiger charge is 2.08. The summed E-state index contributed by atoms with van der Waals surface area (Å²) < 4.78 is 6.74. The molecule has 0 radical (unpaired) electrons. The van der Waals surface area contributed by atoms with Gasteiger partial charge >= 0.3 is 0 Å². The Morgan fingerprint density at radius 3 is 3.00 bits per heavy atom. The van der Waals surface area contributed by atoms with Crippen LogP contribution in [-0.2, 0) is 11.3 Å². The van der Waals surface area contributed by atoms with Crippen LogP contribution in [-0.4, -0.2) is 28.6 Å². The third kappa shape index (κ3) is 3.12. The highest BCUT2D eigenvalue weighted by atomic mass is 16.5. The smallest absolute Gasteiger partial charge is 0.0821 e. The van der Waals surface area contributed by atoms with E-state index in [1.807, 2.05) is 17.8 Å². The van der Waals surface area contributed by atoms with Crippen LogP contribution in [0, 0.1) is 0 Å². The van der Waals surface area contributed by atoms with Crippen LogP contribution in [0.4, 0.5) is 0 Å². The Hall–Kier alpha value is -0.870. The van der Waals surface area contributed by atoms with Crippen LogP contribution in [0.25, 0.3) is 0 Å². The zero-order chi connectivity index (χ0) is 10.4. The normalized spacial score (nSPS) is 13.1. The van der Waals surface area contributed by atoms with Gasteiger partial charge in [-0.15, -0.1) is 0 Å². The SMILES string of the molecule is CCn1cc(C(O)CCCOC)cn1. The van der Waals surface area contributed by atoms with Crippen LogP contribution in [0.15, 0.2) is 12.4 Å². The fourth-order valence-corrected chi connectivity index (χ4v) is 1.31. The Labute approximate surface area is 84.5 Å². The lowest BCUT2D eigenvalue weighted by Crippen LogP contribution is -1.99. The summed E-state index contributed by atoms with van der Waals surface area (Å²) in [5.41, 5.74) is 0.892. The Balaban J connectivity index is 2.39. The topological polar surface area (TPSA) is 47.3 Å². The van der Waals surface area contributed by atoms with Crippen molar-refractivity contribution >= 4 is 0 Å². The number of methoxy groups -OCH3 is 1. The molecule has 4 heteroatoms. The lowest BCUT2D eigenvalue weighted by molar-refractivity contribution is 0.136. The van der Waals surface area contributed by atoms with Crippen LogP contribution in [0.3, 0.4) is 0 Å². The molecule has 80 valence electrons. The van der Waals surface area contributed by atoms with Gasteiger partial charge in [-0.3, -0.25) is 4.68 Å². The van der Waals surface area contributed by atoms with E-state index < -0.39 is 6.10 Å². The molecule has 1 heterocycles. The van der Waals surface area contributed by atoms with E-state index in [0.717, 1.165) is 24.9 Å². The highest BCUT2D eigenvalue weighted by Crippen LogP contribution is 2.17. The van der Waals surface area contributed by atoms with Crippen LogP contribution in [0.5, 0.6) is 0 Å². The molecule has 1 unspecified atom stereocenters. The molecule has 1 aromatic heterocycles. The molecule has 0 aliphatic heterocycles. The second kappa shape index (κ2) is 5.78. The van der Waals surface area contributed by atoms with E-state index >= 15 is 0 Å². The highest BCUT2D eigenvalue weighted by molar-refractivity contribution is 5.07.